The van der Waals surface area contributed by atoms with Gasteiger partial charge in [0.25, 0.3) is 0 Å². The van der Waals surface area contributed by atoms with Crippen molar-refractivity contribution in [3.63, 3.8) is 0 Å². The maximum atomic E-state index is 11.6. The van der Waals surface area contributed by atoms with Gasteiger partial charge in [-0.05, 0) is 37.9 Å². The van der Waals surface area contributed by atoms with Crippen LogP contribution in [0.3, 0.4) is 0 Å². The molecule has 1 N–H and O–H groups in total. The number of hydrogen-bond donors (Lipinski definition) is 1. The molecule has 0 spiro atoms. The van der Waals surface area contributed by atoms with Crippen LogP contribution in [0.4, 0.5) is 0 Å². The van der Waals surface area contributed by atoms with Crippen LogP contribution >= 0.6 is 0 Å². The fraction of sp³-hybridized carbons (Fsp3) is 0.500. The highest BCUT2D eigenvalue weighted by molar-refractivity contribution is 5.89. The van der Waals surface area contributed by atoms with Gasteiger partial charge in [0.15, 0.2) is 0 Å². The maximum Gasteiger partial charge on any atom is 0.338 e. The number of esters is 1. The second-order valence-electron chi connectivity index (χ2n) is 4.44. The van der Waals surface area contributed by atoms with Gasteiger partial charge in [-0.15, -0.1) is 0 Å². The normalized spacial score (nSPS) is 19.9. The molecule has 0 unspecified atom stereocenters. The summed E-state index contributed by atoms with van der Waals surface area (Å²) in [5.41, 5.74) is 0.629. The molecule has 1 atom stereocenters. The van der Waals surface area contributed by atoms with Gasteiger partial charge in [-0.2, -0.15) is 0 Å². The largest absolute Gasteiger partial charge is 0.462 e. The van der Waals surface area contributed by atoms with Crippen LogP contribution in [0.25, 0.3) is 0 Å². The molecule has 0 bridgehead atoms. The van der Waals surface area contributed by atoms with E-state index in [9.17, 15) is 4.79 Å². The average molecular weight is 233 g/mol. The van der Waals surface area contributed by atoms with Crippen molar-refractivity contribution in [1.29, 1.82) is 0 Å². The van der Waals surface area contributed by atoms with Crippen molar-refractivity contribution in [2.24, 2.45) is 0 Å². The van der Waals surface area contributed by atoms with Crippen molar-refractivity contribution >= 4 is 5.97 Å². The minimum atomic E-state index is -0.221. The third-order valence-corrected chi connectivity index (χ3v) is 3.12. The predicted molar refractivity (Wildman–Crippen MR) is 67.0 cm³/mol. The van der Waals surface area contributed by atoms with Gasteiger partial charge >= 0.3 is 5.97 Å². The van der Waals surface area contributed by atoms with Gasteiger partial charge in [0.1, 0.15) is 0 Å². The Bertz CT molecular complexity index is 344. The summed E-state index contributed by atoms with van der Waals surface area (Å²) in [4.78, 5) is 11.6. The molecular formula is C14H19NO2. The van der Waals surface area contributed by atoms with Gasteiger partial charge in [0.05, 0.1) is 12.2 Å². The molecule has 92 valence electrons. The number of nitrogens with one attached hydrogen (secondary N) is 1. The van der Waals surface area contributed by atoms with Crippen LogP contribution in [-0.2, 0) is 4.74 Å². The molecule has 3 nitrogen and oxygen atoms in total. The van der Waals surface area contributed by atoms with Crippen molar-refractivity contribution < 1.29 is 9.53 Å². The summed E-state index contributed by atoms with van der Waals surface area (Å²) >= 11 is 0. The summed E-state index contributed by atoms with van der Waals surface area (Å²) in [5, 5.41) is 3.44. The number of ether oxygens (including phenoxy) is 1. The lowest BCUT2D eigenvalue weighted by Gasteiger charge is -2.23. The summed E-state index contributed by atoms with van der Waals surface area (Å²) in [6.07, 6.45) is 4.66. The molecular weight excluding hydrogens is 214 g/mol. The Morgan fingerprint density at radius 2 is 2.12 bits per heavy atom. The highest BCUT2D eigenvalue weighted by atomic mass is 16.5. The number of carbonyl (C=O) groups excluding carboxylic acids is 1. The lowest BCUT2D eigenvalue weighted by molar-refractivity contribution is 0.0486. The minimum absolute atomic E-state index is 0.221. The van der Waals surface area contributed by atoms with Gasteiger partial charge < -0.3 is 10.1 Å². The Balaban J connectivity index is 1.69. The SMILES string of the molecule is O=C(OCC[C@@H]1CCCCN1)c1ccccc1. The lowest BCUT2D eigenvalue weighted by Crippen LogP contribution is -2.35. The highest BCUT2D eigenvalue weighted by Gasteiger charge is 2.13. The molecule has 3 heteroatoms. The number of rotatable bonds is 4. The molecule has 0 saturated carbocycles. The van der Waals surface area contributed by atoms with Crippen molar-refractivity contribution in [3.05, 3.63) is 35.9 Å². The van der Waals surface area contributed by atoms with E-state index in [1.807, 2.05) is 18.2 Å². The first-order chi connectivity index (χ1) is 8.36. The van der Waals surface area contributed by atoms with Crippen molar-refractivity contribution in [3.8, 4) is 0 Å². The Morgan fingerprint density at radius 1 is 1.29 bits per heavy atom. The second-order valence-corrected chi connectivity index (χ2v) is 4.44. The molecule has 1 fully saturated rings. The summed E-state index contributed by atoms with van der Waals surface area (Å²) in [6.45, 7) is 1.60. The van der Waals surface area contributed by atoms with Crippen LogP contribution < -0.4 is 5.32 Å². The van der Waals surface area contributed by atoms with E-state index in [-0.39, 0.29) is 5.97 Å². The van der Waals surface area contributed by atoms with E-state index in [1.54, 1.807) is 12.1 Å². The highest BCUT2D eigenvalue weighted by Crippen LogP contribution is 2.10. The van der Waals surface area contributed by atoms with E-state index in [0.717, 1.165) is 13.0 Å². The first kappa shape index (κ1) is 12.1. The standard InChI is InChI=1S/C14H19NO2/c16-14(12-6-2-1-3-7-12)17-11-9-13-8-4-5-10-15-13/h1-3,6-7,13,15H,4-5,8-11H2/t13-/m0/s1. The van der Waals surface area contributed by atoms with Crippen LogP contribution in [0.2, 0.25) is 0 Å². The predicted octanol–water partition coefficient (Wildman–Crippen LogP) is 2.38. The Morgan fingerprint density at radius 3 is 2.82 bits per heavy atom. The molecule has 1 aromatic carbocycles. The fourth-order valence-electron chi connectivity index (χ4n) is 2.12. The molecule has 1 saturated heterocycles. The van der Waals surface area contributed by atoms with Gasteiger partial charge in [-0.25, -0.2) is 4.79 Å². The minimum Gasteiger partial charge on any atom is -0.462 e. The molecule has 0 aromatic heterocycles. The second kappa shape index (κ2) is 6.40. The van der Waals surface area contributed by atoms with Crippen molar-refractivity contribution in [1.82, 2.24) is 5.32 Å². The zero-order valence-electron chi connectivity index (χ0n) is 10.0. The number of hydrogen-bond acceptors (Lipinski definition) is 3. The van der Waals surface area contributed by atoms with E-state index < -0.39 is 0 Å². The Labute approximate surface area is 102 Å². The first-order valence-electron chi connectivity index (χ1n) is 6.32. The van der Waals surface area contributed by atoms with Crippen LogP contribution in [0.15, 0.2) is 30.3 Å². The van der Waals surface area contributed by atoms with E-state index in [0.29, 0.717) is 18.2 Å². The molecule has 17 heavy (non-hydrogen) atoms. The van der Waals surface area contributed by atoms with E-state index >= 15 is 0 Å². The molecule has 0 radical (unpaired) electrons. The van der Waals surface area contributed by atoms with E-state index in [4.69, 9.17) is 4.74 Å². The average Bonchev–Trinajstić information content (AvgIpc) is 2.41. The maximum absolute atomic E-state index is 11.6. The van der Waals surface area contributed by atoms with Gasteiger partial charge in [0, 0.05) is 6.04 Å². The number of piperidine rings is 1. The summed E-state index contributed by atoms with van der Waals surface area (Å²) in [6, 6.07) is 9.66. The van der Waals surface area contributed by atoms with Crippen molar-refractivity contribution in [2.75, 3.05) is 13.2 Å². The van der Waals surface area contributed by atoms with Crippen molar-refractivity contribution in [2.45, 2.75) is 31.7 Å². The number of benzene rings is 1. The molecule has 1 aliphatic heterocycles. The summed E-state index contributed by atoms with van der Waals surface area (Å²) in [5.74, 6) is -0.221. The van der Waals surface area contributed by atoms with E-state index in [2.05, 4.69) is 5.32 Å². The lowest BCUT2D eigenvalue weighted by atomic mass is 10.0. The molecule has 1 aliphatic rings. The van der Waals surface area contributed by atoms with Gasteiger partial charge in [0.2, 0.25) is 0 Å². The molecule has 0 amide bonds. The Hall–Kier alpha value is -1.35. The molecule has 1 heterocycles. The fourth-order valence-corrected chi connectivity index (χ4v) is 2.12. The first-order valence-corrected chi connectivity index (χ1v) is 6.32. The molecule has 0 aliphatic carbocycles. The van der Waals surface area contributed by atoms with E-state index in [1.165, 1.54) is 19.3 Å². The molecule has 2 rings (SSSR count). The summed E-state index contributed by atoms with van der Waals surface area (Å²) in [7, 11) is 0. The van der Waals surface area contributed by atoms with Crippen LogP contribution in [-0.4, -0.2) is 25.2 Å². The smallest absolute Gasteiger partial charge is 0.338 e. The quantitative estimate of drug-likeness (QED) is 0.811. The van der Waals surface area contributed by atoms with Crippen LogP contribution in [0.5, 0.6) is 0 Å². The zero-order valence-corrected chi connectivity index (χ0v) is 10.0. The molecule has 1 aromatic rings. The van der Waals surface area contributed by atoms with Crippen LogP contribution in [0, 0.1) is 0 Å². The monoisotopic (exact) mass is 233 g/mol. The topological polar surface area (TPSA) is 38.3 Å². The Kier molecular flexibility index (Phi) is 4.56. The van der Waals surface area contributed by atoms with Gasteiger partial charge in [-0.3, -0.25) is 0 Å². The summed E-state index contributed by atoms with van der Waals surface area (Å²) < 4.78 is 5.25. The van der Waals surface area contributed by atoms with Crippen LogP contribution in [0.1, 0.15) is 36.0 Å². The number of carbonyl (C=O) groups is 1. The third kappa shape index (κ3) is 3.86. The third-order valence-electron chi connectivity index (χ3n) is 3.12. The zero-order chi connectivity index (χ0) is 11.9. The van der Waals surface area contributed by atoms with Gasteiger partial charge in [-0.1, -0.05) is 24.6 Å².